The molecule has 1 atom stereocenters. The number of anilines is 2. The van der Waals surface area contributed by atoms with Crippen LogP contribution in [0.15, 0.2) is 55.1 Å². The first-order valence-corrected chi connectivity index (χ1v) is 10.9. The minimum absolute atomic E-state index is 0.106. The Hall–Kier alpha value is -4.41. The molecule has 34 heavy (non-hydrogen) atoms. The van der Waals surface area contributed by atoms with Gasteiger partial charge in [-0.3, -0.25) is 18.7 Å². The van der Waals surface area contributed by atoms with Crippen LogP contribution in [-0.2, 0) is 7.05 Å². The molecule has 10 nitrogen and oxygen atoms in total. The highest BCUT2D eigenvalue weighted by molar-refractivity contribution is 5.70. The molecule has 170 valence electrons. The van der Waals surface area contributed by atoms with Gasteiger partial charge in [-0.25, -0.2) is 14.4 Å². The lowest BCUT2D eigenvalue weighted by Crippen LogP contribution is -2.33. The van der Waals surface area contributed by atoms with Crippen LogP contribution in [0.1, 0.15) is 31.0 Å². The van der Waals surface area contributed by atoms with Gasteiger partial charge in [0.05, 0.1) is 12.2 Å². The molecule has 0 spiro atoms. The molecule has 0 aliphatic carbocycles. The first-order valence-electron chi connectivity index (χ1n) is 10.9. The van der Waals surface area contributed by atoms with Crippen LogP contribution in [0, 0.1) is 12.7 Å². The summed E-state index contributed by atoms with van der Waals surface area (Å²) in [5.41, 5.74) is 1.54. The molecule has 0 fully saturated rings. The van der Waals surface area contributed by atoms with E-state index in [0.29, 0.717) is 17.6 Å². The summed E-state index contributed by atoms with van der Waals surface area (Å²) in [5, 5.41) is 13.4. The summed E-state index contributed by atoms with van der Waals surface area (Å²) in [6, 6.07) is 8.04. The summed E-state index contributed by atoms with van der Waals surface area (Å²) in [6.45, 7) is 4.02. The summed E-state index contributed by atoms with van der Waals surface area (Å²) < 4.78 is 19.0. The first-order chi connectivity index (χ1) is 16.5. The van der Waals surface area contributed by atoms with Gasteiger partial charge in [-0.15, -0.1) is 10.2 Å². The number of benzene rings is 1. The number of rotatable bonds is 4. The molecule has 4 aromatic heterocycles. The van der Waals surface area contributed by atoms with Crippen LogP contribution in [0.3, 0.4) is 0 Å². The zero-order valence-corrected chi connectivity index (χ0v) is 18.8. The van der Waals surface area contributed by atoms with Crippen molar-refractivity contribution < 1.29 is 4.39 Å². The minimum atomic E-state index is -0.302. The smallest absolute Gasteiger partial charge is 0.237 e. The summed E-state index contributed by atoms with van der Waals surface area (Å²) in [6.07, 6.45) is 7.92. The van der Waals surface area contributed by atoms with E-state index in [2.05, 4.69) is 37.1 Å². The maximum Gasteiger partial charge on any atom is 0.237 e. The molecule has 1 unspecified atom stereocenters. The quantitative estimate of drug-likeness (QED) is 0.407. The highest BCUT2D eigenvalue weighted by Gasteiger charge is 2.37. The van der Waals surface area contributed by atoms with E-state index in [1.807, 2.05) is 30.8 Å². The molecule has 0 saturated carbocycles. The molecule has 0 radical (unpaired) electrons. The highest BCUT2D eigenvalue weighted by atomic mass is 19.1. The topological polar surface area (TPSA) is 95.4 Å². The predicted octanol–water partition coefficient (Wildman–Crippen LogP) is 3.69. The maximum atomic E-state index is 13.5. The predicted molar refractivity (Wildman–Crippen MR) is 123 cm³/mol. The third-order valence-electron chi connectivity index (χ3n) is 5.96. The van der Waals surface area contributed by atoms with Crippen LogP contribution in [0.25, 0.3) is 23.0 Å². The molecular weight excluding hydrogens is 435 g/mol. The maximum absolute atomic E-state index is 13.5. The molecule has 1 aliphatic rings. The monoisotopic (exact) mass is 456 g/mol. The molecule has 5 aromatic rings. The van der Waals surface area contributed by atoms with Crippen molar-refractivity contribution in [1.82, 2.24) is 44.1 Å². The fourth-order valence-corrected chi connectivity index (χ4v) is 4.41. The van der Waals surface area contributed by atoms with E-state index in [-0.39, 0.29) is 11.9 Å². The van der Waals surface area contributed by atoms with Crippen molar-refractivity contribution in [3.63, 3.8) is 0 Å². The van der Waals surface area contributed by atoms with Crippen molar-refractivity contribution >= 4 is 11.6 Å². The average molecular weight is 456 g/mol. The molecule has 0 amide bonds. The number of imidazole rings is 1. The Balaban J connectivity index is 1.55. The van der Waals surface area contributed by atoms with E-state index in [9.17, 15) is 4.39 Å². The minimum Gasteiger partial charge on any atom is -0.297 e. The Labute approximate surface area is 194 Å². The summed E-state index contributed by atoms with van der Waals surface area (Å²) in [5.74, 6) is 3.81. The van der Waals surface area contributed by atoms with Gasteiger partial charge in [0.15, 0.2) is 17.5 Å². The van der Waals surface area contributed by atoms with Crippen LogP contribution in [0.4, 0.5) is 16.0 Å². The lowest BCUT2D eigenvalue weighted by atomic mass is 10.1. The van der Waals surface area contributed by atoms with Crippen molar-refractivity contribution in [1.29, 1.82) is 0 Å². The molecule has 1 aromatic carbocycles. The normalized spacial score (nSPS) is 14.8. The van der Waals surface area contributed by atoms with E-state index < -0.39 is 0 Å². The summed E-state index contributed by atoms with van der Waals surface area (Å²) in [4.78, 5) is 16.2. The fraction of sp³-hybridized carbons (Fsp3) is 0.217. The zero-order chi connectivity index (χ0) is 23.4. The lowest BCUT2D eigenvalue weighted by Gasteiger charge is -2.35. The summed E-state index contributed by atoms with van der Waals surface area (Å²) >= 11 is 0. The number of aryl methyl sites for hydroxylation is 2. The van der Waals surface area contributed by atoms with Gasteiger partial charge in [-0.05, 0) is 37.6 Å². The Morgan fingerprint density at radius 1 is 1.03 bits per heavy atom. The lowest BCUT2D eigenvalue weighted by molar-refractivity contribution is 0.578. The SMILES string of the molecule is CCC1c2nnc(C)n2-c2cnc(-n3ccnc3-c3ccc(F)cc3)nc2N1c1ccn(C)n1. The Kier molecular flexibility index (Phi) is 4.51. The fourth-order valence-electron chi connectivity index (χ4n) is 4.41. The Bertz CT molecular complexity index is 1500. The van der Waals surface area contributed by atoms with E-state index in [0.717, 1.165) is 35.1 Å². The Morgan fingerprint density at radius 3 is 2.59 bits per heavy atom. The van der Waals surface area contributed by atoms with Crippen molar-refractivity contribution in [2.24, 2.45) is 7.05 Å². The number of halogens is 1. The number of hydrogen-bond acceptors (Lipinski definition) is 7. The average Bonchev–Trinajstić information content (AvgIpc) is 3.58. The first kappa shape index (κ1) is 20.2. The van der Waals surface area contributed by atoms with Crippen LogP contribution < -0.4 is 4.90 Å². The summed E-state index contributed by atoms with van der Waals surface area (Å²) in [7, 11) is 1.88. The second-order valence-electron chi connectivity index (χ2n) is 8.09. The number of aromatic nitrogens is 9. The number of nitrogens with zero attached hydrogens (tertiary/aromatic N) is 10. The van der Waals surface area contributed by atoms with Gasteiger partial charge in [0.1, 0.15) is 23.2 Å². The molecule has 0 N–H and O–H groups in total. The van der Waals surface area contributed by atoms with Crippen LogP contribution in [0.2, 0.25) is 0 Å². The van der Waals surface area contributed by atoms with Gasteiger partial charge < -0.3 is 0 Å². The molecule has 1 aliphatic heterocycles. The number of hydrogen-bond donors (Lipinski definition) is 0. The number of fused-ring (bicyclic) bond motifs is 3. The van der Waals surface area contributed by atoms with Crippen molar-refractivity contribution in [2.45, 2.75) is 26.3 Å². The molecule has 6 rings (SSSR count). The van der Waals surface area contributed by atoms with E-state index in [1.165, 1.54) is 12.1 Å². The van der Waals surface area contributed by atoms with E-state index in [4.69, 9.17) is 4.98 Å². The van der Waals surface area contributed by atoms with Crippen molar-refractivity contribution in [3.05, 3.63) is 72.6 Å². The van der Waals surface area contributed by atoms with Gasteiger partial charge in [0.25, 0.3) is 0 Å². The van der Waals surface area contributed by atoms with Gasteiger partial charge in [-0.2, -0.15) is 10.1 Å². The highest BCUT2D eigenvalue weighted by Crippen LogP contribution is 2.43. The van der Waals surface area contributed by atoms with Crippen molar-refractivity contribution in [3.8, 4) is 23.0 Å². The van der Waals surface area contributed by atoms with E-state index >= 15 is 0 Å². The van der Waals surface area contributed by atoms with Crippen LogP contribution in [0.5, 0.6) is 0 Å². The molecule has 0 bridgehead atoms. The van der Waals surface area contributed by atoms with Gasteiger partial charge in [-0.1, -0.05) is 6.92 Å². The third kappa shape index (κ3) is 3.00. The van der Waals surface area contributed by atoms with Gasteiger partial charge in [0, 0.05) is 37.3 Å². The molecule has 0 saturated heterocycles. The van der Waals surface area contributed by atoms with Crippen LogP contribution in [-0.4, -0.2) is 44.1 Å². The van der Waals surface area contributed by atoms with E-state index in [1.54, 1.807) is 40.0 Å². The second kappa shape index (κ2) is 7.58. The zero-order valence-electron chi connectivity index (χ0n) is 18.8. The standard InChI is InChI=1S/C23H21FN10/c1-4-17-22-29-28-14(2)33(22)18-13-26-23(27-21(18)34(17)19-9-11-31(3)30-19)32-12-10-25-20(32)15-5-7-16(24)8-6-15/h5-13,17H,4H2,1-3H3. The largest absolute Gasteiger partial charge is 0.297 e. The third-order valence-corrected chi connectivity index (χ3v) is 5.96. The molecular formula is C23H21FN10. The van der Waals surface area contributed by atoms with Crippen LogP contribution >= 0.6 is 0 Å². The van der Waals surface area contributed by atoms with Gasteiger partial charge >= 0.3 is 0 Å². The molecule has 5 heterocycles. The second-order valence-corrected chi connectivity index (χ2v) is 8.09. The van der Waals surface area contributed by atoms with Crippen molar-refractivity contribution in [2.75, 3.05) is 4.90 Å². The Morgan fingerprint density at radius 2 is 1.85 bits per heavy atom. The molecule has 11 heteroatoms. The van der Waals surface area contributed by atoms with Gasteiger partial charge in [0.2, 0.25) is 5.95 Å².